The maximum Gasteiger partial charge on any atom is 0.475 e. The maximum absolute atomic E-state index is 12.5. The fraction of sp³-hybridized carbons (Fsp3) is 0.211. The monoisotopic (exact) mass is 415 g/mol. The Labute approximate surface area is 173 Å². The Hall–Kier alpha value is -2.95. The topological polar surface area (TPSA) is 119 Å². The Morgan fingerprint density at radius 3 is 2.66 bits per heavy atom. The smallest absolute Gasteiger partial charge is 0.426 e. The van der Waals surface area contributed by atoms with Gasteiger partial charge >= 0.3 is 7.12 Å². The first-order valence-electron chi connectivity index (χ1n) is 8.78. The molecule has 1 aromatic carbocycles. The first kappa shape index (κ1) is 22.3. The van der Waals surface area contributed by atoms with E-state index in [4.69, 9.17) is 0 Å². The minimum Gasteiger partial charge on any atom is -0.426 e. The van der Waals surface area contributed by atoms with Gasteiger partial charge in [0.1, 0.15) is 6.54 Å². The van der Waals surface area contributed by atoms with E-state index in [1.165, 1.54) is 24.5 Å². The molecule has 152 valence electrons. The molecule has 29 heavy (non-hydrogen) atoms. The number of nitrogens with zero attached hydrogens (tertiary/aromatic N) is 1. The van der Waals surface area contributed by atoms with Crippen LogP contribution >= 0.6 is 11.3 Å². The Morgan fingerprint density at radius 2 is 2.07 bits per heavy atom. The van der Waals surface area contributed by atoms with E-state index >= 15 is 0 Å². The number of rotatable bonds is 9. The van der Waals surface area contributed by atoms with Crippen molar-refractivity contribution in [1.29, 1.82) is 0 Å². The lowest BCUT2D eigenvalue weighted by atomic mass is 9.76. The van der Waals surface area contributed by atoms with Gasteiger partial charge in [-0.15, -0.1) is 0 Å². The number of hydrogen-bond acceptors (Lipinski definition) is 6. The molecule has 3 amide bonds. The van der Waals surface area contributed by atoms with Crippen LogP contribution in [-0.2, 0) is 16.0 Å². The highest BCUT2D eigenvalue weighted by molar-refractivity contribution is 7.07. The molecular formula is C19H22BN3O5S. The molecule has 0 fully saturated rings. The van der Waals surface area contributed by atoms with Crippen LogP contribution in [0.1, 0.15) is 15.9 Å². The molecule has 0 aliphatic carbocycles. The molecule has 2 aromatic rings. The average molecular weight is 415 g/mol. The summed E-state index contributed by atoms with van der Waals surface area (Å²) in [6.45, 7) is 3.07. The van der Waals surface area contributed by atoms with Crippen molar-refractivity contribution in [1.82, 2.24) is 10.6 Å². The predicted octanol–water partition coefficient (Wildman–Crippen LogP) is 0.366. The summed E-state index contributed by atoms with van der Waals surface area (Å²) in [7, 11) is -0.276. The summed E-state index contributed by atoms with van der Waals surface area (Å²) in [5.41, 5.74) is 1.52. The number of nitrogens with one attached hydrogen (secondary N) is 2. The highest BCUT2D eigenvalue weighted by atomic mass is 32.1. The third kappa shape index (κ3) is 6.28. The van der Waals surface area contributed by atoms with Crippen molar-refractivity contribution in [2.75, 3.05) is 18.5 Å². The zero-order valence-electron chi connectivity index (χ0n) is 15.9. The van der Waals surface area contributed by atoms with Gasteiger partial charge in [0.2, 0.25) is 5.91 Å². The Morgan fingerprint density at radius 1 is 1.31 bits per heavy atom. The second kappa shape index (κ2) is 10.6. The van der Waals surface area contributed by atoms with Crippen molar-refractivity contribution in [3.8, 4) is 0 Å². The molecule has 1 atom stereocenters. The molecule has 8 nitrogen and oxygen atoms in total. The van der Waals surface area contributed by atoms with Gasteiger partial charge in [-0.1, -0.05) is 12.6 Å². The van der Waals surface area contributed by atoms with Crippen LogP contribution in [-0.4, -0.2) is 54.4 Å². The van der Waals surface area contributed by atoms with E-state index in [9.17, 15) is 24.4 Å². The number of amides is 3. The zero-order chi connectivity index (χ0) is 21.4. The van der Waals surface area contributed by atoms with Gasteiger partial charge in [0.25, 0.3) is 11.8 Å². The minimum absolute atomic E-state index is 0.231. The fourth-order valence-corrected chi connectivity index (χ4v) is 3.34. The second-order valence-corrected chi connectivity index (χ2v) is 6.96. The molecule has 10 heteroatoms. The van der Waals surface area contributed by atoms with Crippen LogP contribution in [0.5, 0.6) is 0 Å². The summed E-state index contributed by atoms with van der Waals surface area (Å²) in [5, 5.41) is 27.9. The number of anilines is 1. The molecule has 0 spiro atoms. The zero-order valence-corrected chi connectivity index (χ0v) is 16.7. The molecule has 0 saturated carbocycles. The van der Waals surface area contributed by atoms with E-state index < -0.39 is 24.9 Å². The lowest BCUT2D eigenvalue weighted by Gasteiger charge is -2.23. The highest BCUT2D eigenvalue weighted by Crippen LogP contribution is 2.17. The van der Waals surface area contributed by atoms with Gasteiger partial charge in [-0.05, 0) is 53.1 Å². The molecule has 0 aliphatic heterocycles. The summed E-state index contributed by atoms with van der Waals surface area (Å²) >= 11 is 1.46. The standard InChI is InChI=1S/C19H22BN3O5S/c1-3-18(25)23(15-6-4-5-14(10-15)19(26)21-2)11-17(24)22-16(20(27)28)9-13-7-8-29-12-13/h3-8,10,12,16,27-28H,1,9,11H2,2H3,(H,21,26)(H,22,24)/t16-/m0/s1. The molecule has 0 bridgehead atoms. The fourth-order valence-electron chi connectivity index (χ4n) is 2.66. The van der Waals surface area contributed by atoms with Crippen LogP contribution in [0, 0.1) is 0 Å². The molecule has 0 unspecified atom stereocenters. The van der Waals surface area contributed by atoms with Crippen molar-refractivity contribution in [3.05, 3.63) is 64.9 Å². The van der Waals surface area contributed by atoms with Gasteiger partial charge in [-0.25, -0.2) is 0 Å². The normalized spacial score (nSPS) is 11.3. The summed E-state index contributed by atoms with van der Waals surface area (Å²) in [5.74, 6) is -2.39. The summed E-state index contributed by atoms with van der Waals surface area (Å²) < 4.78 is 0. The summed E-state index contributed by atoms with van der Waals surface area (Å²) in [4.78, 5) is 37.8. The highest BCUT2D eigenvalue weighted by Gasteiger charge is 2.27. The predicted molar refractivity (Wildman–Crippen MR) is 113 cm³/mol. The number of carbonyl (C=O) groups is 3. The largest absolute Gasteiger partial charge is 0.475 e. The lowest BCUT2D eigenvalue weighted by Crippen LogP contribution is -2.51. The Balaban J connectivity index is 2.17. The molecule has 1 heterocycles. The quantitative estimate of drug-likeness (QED) is 0.349. The Kier molecular flexibility index (Phi) is 8.14. The van der Waals surface area contributed by atoms with Crippen molar-refractivity contribution in [2.24, 2.45) is 0 Å². The average Bonchev–Trinajstić information content (AvgIpc) is 3.23. The van der Waals surface area contributed by atoms with E-state index in [1.807, 2.05) is 16.8 Å². The van der Waals surface area contributed by atoms with Gasteiger partial charge in [0.05, 0.1) is 5.94 Å². The van der Waals surface area contributed by atoms with Crippen LogP contribution in [0.2, 0.25) is 0 Å². The van der Waals surface area contributed by atoms with E-state index in [0.29, 0.717) is 11.3 Å². The van der Waals surface area contributed by atoms with Crippen molar-refractivity contribution < 1.29 is 24.4 Å². The van der Waals surface area contributed by atoms with E-state index in [0.717, 1.165) is 16.5 Å². The second-order valence-electron chi connectivity index (χ2n) is 6.18. The van der Waals surface area contributed by atoms with Crippen LogP contribution in [0.3, 0.4) is 0 Å². The molecule has 0 saturated heterocycles. The molecule has 0 aliphatic rings. The third-order valence-corrected chi connectivity index (χ3v) is 4.86. The van der Waals surface area contributed by atoms with Crippen molar-refractivity contribution in [3.63, 3.8) is 0 Å². The number of thiophene rings is 1. The van der Waals surface area contributed by atoms with Crippen molar-refractivity contribution in [2.45, 2.75) is 12.4 Å². The molecule has 4 N–H and O–H groups in total. The summed E-state index contributed by atoms with van der Waals surface area (Å²) in [6.07, 6.45) is 1.29. The summed E-state index contributed by atoms with van der Waals surface area (Å²) in [6, 6.07) is 8.07. The van der Waals surface area contributed by atoms with Crippen LogP contribution in [0.4, 0.5) is 5.69 Å². The lowest BCUT2D eigenvalue weighted by molar-refractivity contribution is -0.122. The number of carbonyl (C=O) groups excluding carboxylic acids is 3. The minimum atomic E-state index is -1.76. The first-order valence-corrected chi connectivity index (χ1v) is 9.72. The van der Waals surface area contributed by atoms with Gasteiger partial charge in [-0.3, -0.25) is 19.3 Å². The van der Waals surface area contributed by atoms with E-state index in [1.54, 1.807) is 18.2 Å². The van der Waals surface area contributed by atoms with Gasteiger partial charge in [0, 0.05) is 18.3 Å². The Bertz CT molecular complexity index is 872. The molecule has 0 radical (unpaired) electrons. The van der Waals surface area contributed by atoms with Crippen LogP contribution in [0.25, 0.3) is 0 Å². The van der Waals surface area contributed by atoms with E-state index in [2.05, 4.69) is 17.2 Å². The van der Waals surface area contributed by atoms with Gasteiger partial charge in [-0.2, -0.15) is 11.3 Å². The molecular weight excluding hydrogens is 393 g/mol. The maximum atomic E-state index is 12.5. The van der Waals surface area contributed by atoms with Gasteiger partial charge < -0.3 is 20.7 Å². The van der Waals surface area contributed by atoms with E-state index in [-0.39, 0.29) is 18.9 Å². The molecule has 2 rings (SSSR count). The number of benzene rings is 1. The van der Waals surface area contributed by atoms with Crippen LogP contribution in [0.15, 0.2) is 53.7 Å². The number of hydrogen-bond donors (Lipinski definition) is 4. The van der Waals surface area contributed by atoms with Crippen molar-refractivity contribution >= 4 is 41.9 Å². The first-order chi connectivity index (χ1) is 13.8. The van der Waals surface area contributed by atoms with Crippen LogP contribution < -0.4 is 15.5 Å². The SMILES string of the molecule is C=CC(=O)N(CC(=O)N[C@@H](Cc1ccsc1)B(O)O)c1cccc(C(=O)NC)c1. The van der Waals surface area contributed by atoms with Gasteiger partial charge in [0.15, 0.2) is 0 Å². The molecule has 1 aromatic heterocycles. The third-order valence-electron chi connectivity index (χ3n) is 4.13.